The zero-order valence-electron chi connectivity index (χ0n) is 23.7. The number of aliphatic hydroxyl groups excluding tert-OH is 2. The van der Waals surface area contributed by atoms with Crippen molar-refractivity contribution in [3.63, 3.8) is 0 Å². The van der Waals surface area contributed by atoms with E-state index in [1.165, 1.54) is 7.11 Å². The highest BCUT2D eigenvalue weighted by Gasteiger charge is 2.70. The van der Waals surface area contributed by atoms with Gasteiger partial charge in [0.25, 0.3) is 0 Å². The Bertz CT molecular complexity index is 1020. The first-order valence-corrected chi connectivity index (χ1v) is 14.9. The summed E-state index contributed by atoms with van der Waals surface area (Å²) in [6.07, 6.45) is 3.58. The van der Waals surface area contributed by atoms with Gasteiger partial charge in [-0.1, -0.05) is 13.8 Å². The van der Waals surface area contributed by atoms with Crippen LogP contribution in [0.2, 0.25) is 0 Å². The van der Waals surface area contributed by atoms with Gasteiger partial charge in [-0.2, -0.15) is 0 Å². The molecular formula is C30H46O9. The molecule has 4 N–H and O–H groups in total. The van der Waals surface area contributed by atoms with Crippen molar-refractivity contribution in [1.82, 2.24) is 0 Å². The van der Waals surface area contributed by atoms with Crippen LogP contribution in [0.25, 0.3) is 0 Å². The Morgan fingerprint density at radius 1 is 0.949 bits per heavy atom. The third-order valence-electron chi connectivity index (χ3n) is 12.5. The summed E-state index contributed by atoms with van der Waals surface area (Å²) in [7, 11) is 1.45. The molecule has 6 aliphatic rings. The van der Waals surface area contributed by atoms with Gasteiger partial charge in [-0.25, -0.2) is 4.79 Å². The fraction of sp³-hybridized carbons (Fsp3) is 0.900. The van der Waals surface area contributed by atoms with Crippen molar-refractivity contribution in [3.8, 4) is 0 Å². The third-order valence-corrected chi connectivity index (χ3v) is 12.5. The number of hydrogen-bond donors (Lipinski definition) is 4. The SMILES string of the molecule is CO[C@@H]1[C@@H](O)[C@H](C)O[C@@H](O[C@H]2CC[C@]3(C)[C@@H]4CC[C@]5(C)[C@H](C6=CC(=O)OC6)CC[C@]5(O)[C@H]4CC[C@@]3(O)C2)[C@@H]1O. The van der Waals surface area contributed by atoms with Crippen LogP contribution in [-0.2, 0) is 23.7 Å². The lowest BCUT2D eigenvalue weighted by Gasteiger charge is -2.66. The Morgan fingerprint density at radius 3 is 2.36 bits per heavy atom. The van der Waals surface area contributed by atoms with E-state index in [1.54, 1.807) is 13.0 Å². The summed E-state index contributed by atoms with van der Waals surface area (Å²) < 4.78 is 22.6. The number of carbonyl (C=O) groups is 1. The minimum atomic E-state index is -1.13. The summed E-state index contributed by atoms with van der Waals surface area (Å²) in [6.45, 7) is 6.48. The van der Waals surface area contributed by atoms with E-state index in [4.69, 9.17) is 18.9 Å². The van der Waals surface area contributed by atoms with E-state index in [0.717, 1.165) is 37.7 Å². The standard InChI is InChI=1S/C30H46O9/c1-16-23(32)25(36-4)24(33)26(38-16)39-18-5-9-27(2)20-6-10-28(3)19(17-13-22(31)37-15-17)8-12-30(28,35)21(20)7-11-29(27,34)14-18/h13,16,18-21,23-26,32-35H,5-12,14-15H2,1-4H3/t16-,18-,19-,20+,21-,23-,24+,25+,26-,27+,28+,29+,30-/m0/s1. The molecular weight excluding hydrogens is 504 g/mol. The molecule has 2 heterocycles. The number of carbonyl (C=O) groups excluding carboxylic acids is 1. The van der Waals surface area contributed by atoms with Crippen LogP contribution in [0.1, 0.15) is 78.6 Å². The van der Waals surface area contributed by atoms with Crippen LogP contribution in [0.5, 0.6) is 0 Å². The second kappa shape index (κ2) is 9.48. The highest BCUT2D eigenvalue weighted by atomic mass is 16.7. The molecule has 9 heteroatoms. The minimum Gasteiger partial charge on any atom is -0.458 e. The Labute approximate surface area is 230 Å². The molecule has 5 fully saturated rings. The Morgan fingerprint density at radius 2 is 1.67 bits per heavy atom. The number of fused-ring (bicyclic) bond motifs is 5. The van der Waals surface area contributed by atoms with Crippen molar-refractivity contribution in [1.29, 1.82) is 0 Å². The number of esters is 1. The summed E-state index contributed by atoms with van der Waals surface area (Å²) >= 11 is 0. The van der Waals surface area contributed by atoms with E-state index in [-0.39, 0.29) is 40.7 Å². The van der Waals surface area contributed by atoms with Crippen molar-refractivity contribution < 1.29 is 44.2 Å². The quantitative estimate of drug-likeness (QED) is 0.307. The van der Waals surface area contributed by atoms with E-state index in [2.05, 4.69) is 13.8 Å². The maximum atomic E-state index is 12.4. The normalized spacial score (nSPS) is 55.3. The van der Waals surface area contributed by atoms with Crippen LogP contribution in [0, 0.1) is 28.6 Å². The highest BCUT2D eigenvalue weighted by Crippen LogP contribution is 2.70. The molecule has 4 aliphatic carbocycles. The molecule has 2 aliphatic heterocycles. The molecule has 39 heavy (non-hydrogen) atoms. The number of aliphatic hydroxyl groups is 4. The van der Waals surface area contributed by atoms with E-state index in [1.807, 2.05) is 0 Å². The number of ether oxygens (including phenoxy) is 4. The maximum absolute atomic E-state index is 12.4. The van der Waals surface area contributed by atoms with Crippen LogP contribution >= 0.6 is 0 Å². The first-order chi connectivity index (χ1) is 18.4. The lowest BCUT2D eigenvalue weighted by molar-refractivity contribution is -0.321. The van der Waals surface area contributed by atoms with Crippen molar-refractivity contribution in [3.05, 3.63) is 11.6 Å². The fourth-order valence-corrected chi connectivity index (χ4v) is 10.1. The predicted molar refractivity (Wildman–Crippen MR) is 139 cm³/mol. The molecule has 0 bridgehead atoms. The average Bonchev–Trinajstić information content (AvgIpc) is 3.43. The average molecular weight is 551 g/mol. The fourth-order valence-electron chi connectivity index (χ4n) is 10.1. The van der Waals surface area contributed by atoms with Gasteiger partial charge in [-0.3, -0.25) is 0 Å². The van der Waals surface area contributed by atoms with Gasteiger partial charge in [0.1, 0.15) is 24.9 Å². The zero-order chi connectivity index (χ0) is 28.0. The van der Waals surface area contributed by atoms with Gasteiger partial charge >= 0.3 is 5.97 Å². The van der Waals surface area contributed by atoms with Gasteiger partial charge in [-0.05, 0) is 87.0 Å². The molecule has 9 nitrogen and oxygen atoms in total. The largest absolute Gasteiger partial charge is 0.458 e. The third kappa shape index (κ3) is 3.94. The van der Waals surface area contributed by atoms with Crippen LogP contribution in [0.3, 0.4) is 0 Å². The van der Waals surface area contributed by atoms with Crippen molar-refractivity contribution in [2.45, 2.75) is 127 Å². The van der Waals surface area contributed by atoms with E-state index >= 15 is 0 Å². The predicted octanol–water partition coefficient (Wildman–Crippen LogP) is 2.23. The number of methoxy groups -OCH3 is 1. The number of hydrogen-bond acceptors (Lipinski definition) is 9. The Balaban J connectivity index is 1.19. The van der Waals surface area contributed by atoms with Gasteiger partial charge < -0.3 is 39.4 Å². The van der Waals surface area contributed by atoms with Crippen LogP contribution in [-0.4, -0.2) is 88.1 Å². The first-order valence-electron chi connectivity index (χ1n) is 14.9. The molecule has 0 spiro atoms. The Hall–Kier alpha value is -1.07. The van der Waals surface area contributed by atoms with E-state index in [0.29, 0.717) is 32.3 Å². The summed E-state index contributed by atoms with van der Waals surface area (Å²) in [5.41, 5.74) is -1.43. The molecule has 0 amide bonds. The Kier molecular flexibility index (Phi) is 6.82. The molecule has 0 aromatic carbocycles. The maximum Gasteiger partial charge on any atom is 0.331 e. The molecule has 0 aromatic heterocycles. The van der Waals surface area contributed by atoms with Crippen LogP contribution < -0.4 is 0 Å². The van der Waals surface area contributed by atoms with Gasteiger partial charge in [0, 0.05) is 25.0 Å². The molecule has 0 radical (unpaired) electrons. The topological polar surface area (TPSA) is 135 Å². The van der Waals surface area contributed by atoms with E-state index in [9.17, 15) is 25.2 Å². The minimum absolute atomic E-state index is 0.0934. The number of rotatable bonds is 4. The smallest absolute Gasteiger partial charge is 0.331 e. The van der Waals surface area contributed by atoms with Gasteiger partial charge in [-0.15, -0.1) is 0 Å². The second-order valence-corrected chi connectivity index (χ2v) is 13.9. The summed E-state index contributed by atoms with van der Waals surface area (Å²) in [4.78, 5) is 11.8. The van der Waals surface area contributed by atoms with Crippen LogP contribution in [0.4, 0.5) is 0 Å². The second-order valence-electron chi connectivity index (χ2n) is 13.9. The molecule has 1 saturated heterocycles. The highest BCUT2D eigenvalue weighted by molar-refractivity contribution is 5.85. The molecule has 4 saturated carbocycles. The zero-order valence-corrected chi connectivity index (χ0v) is 23.7. The van der Waals surface area contributed by atoms with Gasteiger partial charge in [0.05, 0.1) is 23.4 Å². The molecule has 0 aromatic rings. The lowest BCUT2D eigenvalue weighted by Crippen LogP contribution is -2.67. The molecule has 13 atom stereocenters. The number of cyclic esters (lactones) is 1. The van der Waals surface area contributed by atoms with E-state index < -0.39 is 41.9 Å². The van der Waals surface area contributed by atoms with Gasteiger partial charge in [0.2, 0.25) is 0 Å². The monoisotopic (exact) mass is 550 g/mol. The lowest BCUT2D eigenvalue weighted by atomic mass is 9.42. The first kappa shape index (κ1) is 28.1. The molecule has 220 valence electrons. The summed E-state index contributed by atoms with van der Waals surface area (Å²) in [5, 5.41) is 45.7. The van der Waals surface area contributed by atoms with Crippen LogP contribution in [0.15, 0.2) is 11.6 Å². The summed E-state index contributed by atoms with van der Waals surface area (Å²) in [6, 6.07) is 0. The van der Waals surface area contributed by atoms with Gasteiger partial charge in [0.15, 0.2) is 6.29 Å². The molecule has 6 rings (SSSR count). The van der Waals surface area contributed by atoms with Crippen molar-refractivity contribution in [2.24, 2.45) is 28.6 Å². The van der Waals surface area contributed by atoms with Crippen molar-refractivity contribution >= 4 is 5.97 Å². The summed E-state index contributed by atoms with van der Waals surface area (Å²) in [5.74, 6) is 0.151. The van der Waals surface area contributed by atoms with Crippen molar-refractivity contribution in [2.75, 3.05) is 13.7 Å². The molecule has 0 unspecified atom stereocenters.